The molecule has 1 aliphatic rings. The van der Waals surface area contributed by atoms with Gasteiger partial charge in [0.05, 0.1) is 10.0 Å². The fraction of sp³-hybridized carbons (Fsp3) is 0.545. The molecule has 3 nitrogen and oxygen atoms in total. The van der Waals surface area contributed by atoms with Gasteiger partial charge in [0.2, 0.25) is 0 Å². The van der Waals surface area contributed by atoms with Gasteiger partial charge in [-0.15, -0.1) is 0 Å². The minimum Gasteiger partial charge on any atom is -0.358 e. The summed E-state index contributed by atoms with van der Waals surface area (Å²) in [6.45, 7) is 0.946. The molecule has 2 rings (SSSR count). The topological polar surface area (TPSA) is 42.1 Å². The van der Waals surface area contributed by atoms with Crippen LogP contribution in [-0.2, 0) is 0 Å². The van der Waals surface area contributed by atoms with E-state index in [4.69, 9.17) is 28.9 Å². The van der Waals surface area contributed by atoms with E-state index in [-0.39, 0.29) is 0 Å². The van der Waals surface area contributed by atoms with Crippen molar-refractivity contribution in [3.05, 3.63) is 22.3 Å². The predicted octanol–water partition coefficient (Wildman–Crippen LogP) is 2.56. The molecular weight excluding hydrogens is 245 g/mol. The summed E-state index contributed by atoms with van der Waals surface area (Å²) in [5.74, 6) is 1.44. The van der Waals surface area contributed by atoms with E-state index in [1.54, 1.807) is 12.3 Å². The summed E-state index contributed by atoms with van der Waals surface area (Å²) in [6, 6.07) is 2.10. The number of rotatable bonds is 3. The molecule has 1 heterocycles. The first-order chi connectivity index (χ1) is 7.56. The molecule has 1 aliphatic carbocycles. The molecule has 0 aromatic carbocycles. The van der Waals surface area contributed by atoms with Gasteiger partial charge in [-0.2, -0.15) is 0 Å². The Kier molecular flexibility index (Phi) is 3.57. The number of pyridine rings is 1. The Bertz CT molecular complexity index is 377. The summed E-state index contributed by atoms with van der Waals surface area (Å²) >= 11 is 11.9. The molecule has 0 spiro atoms. The van der Waals surface area contributed by atoms with Crippen molar-refractivity contribution in [3.63, 3.8) is 0 Å². The lowest BCUT2D eigenvalue weighted by atomic mass is 9.80. The van der Waals surface area contributed by atoms with Crippen LogP contribution in [0.4, 0.5) is 5.82 Å². The van der Waals surface area contributed by atoms with Crippen molar-refractivity contribution in [2.24, 2.45) is 11.7 Å². The molecule has 1 aromatic rings. The highest BCUT2D eigenvalue weighted by Gasteiger charge is 2.27. The van der Waals surface area contributed by atoms with Crippen molar-refractivity contribution < 1.29 is 0 Å². The highest BCUT2D eigenvalue weighted by atomic mass is 35.5. The van der Waals surface area contributed by atoms with Gasteiger partial charge in [-0.25, -0.2) is 4.98 Å². The van der Waals surface area contributed by atoms with Crippen molar-refractivity contribution in [2.75, 3.05) is 18.5 Å². The zero-order chi connectivity index (χ0) is 11.7. The average Bonchev–Trinajstić information content (AvgIpc) is 2.15. The maximum absolute atomic E-state index is 6.08. The van der Waals surface area contributed by atoms with Crippen LogP contribution in [0.15, 0.2) is 12.3 Å². The summed E-state index contributed by atoms with van der Waals surface area (Å²) in [5, 5.41) is 1.16. The third-order valence-electron chi connectivity index (χ3n) is 2.95. The smallest absolute Gasteiger partial charge is 0.147 e. The molecule has 1 fully saturated rings. The lowest BCUT2D eigenvalue weighted by Crippen LogP contribution is -2.42. The largest absolute Gasteiger partial charge is 0.358 e. The number of nitrogens with zero attached hydrogens (tertiary/aromatic N) is 2. The number of anilines is 1. The van der Waals surface area contributed by atoms with Crippen LogP contribution >= 0.6 is 23.2 Å². The van der Waals surface area contributed by atoms with E-state index in [9.17, 15) is 0 Å². The highest BCUT2D eigenvalue weighted by molar-refractivity contribution is 6.35. The van der Waals surface area contributed by atoms with Gasteiger partial charge in [-0.3, -0.25) is 0 Å². The molecule has 2 N–H and O–H groups in total. The third-order valence-corrected chi connectivity index (χ3v) is 3.44. The second kappa shape index (κ2) is 4.78. The Morgan fingerprint density at radius 3 is 2.75 bits per heavy atom. The molecule has 1 saturated carbocycles. The average molecular weight is 260 g/mol. The van der Waals surface area contributed by atoms with E-state index in [2.05, 4.69) is 9.88 Å². The van der Waals surface area contributed by atoms with E-state index < -0.39 is 0 Å². The van der Waals surface area contributed by atoms with Crippen molar-refractivity contribution >= 4 is 29.0 Å². The van der Waals surface area contributed by atoms with Gasteiger partial charge < -0.3 is 10.6 Å². The van der Waals surface area contributed by atoms with Gasteiger partial charge in [-0.05, 0) is 24.8 Å². The zero-order valence-electron chi connectivity index (χ0n) is 9.16. The first kappa shape index (κ1) is 12.0. The van der Waals surface area contributed by atoms with Crippen LogP contribution < -0.4 is 10.6 Å². The Morgan fingerprint density at radius 1 is 1.50 bits per heavy atom. The van der Waals surface area contributed by atoms with E-state index in [0.29, 0.717) is 22.0 Å². The second-order valence-corrected chi connectivity index (χ2v) is 5.28. The lowest BCUT2D eigenvalue weighted by Gasteiger charge is -2.35. The van der Waals surface area contributed by atoms with E-state index in [0.717, 1.165) is 25.2 Å². The van der Waals surface area contributed by atoms with Crippen molar-refractivity contribution in [1.82, 2.24) is 4.98 Å². The Hall–Kier alpha value is -0.510. The molecule has 0 amide bonds. The summed E-state index contributed by atoms with van der Waals surface area (Å²) in [7, 11) is 1.99. The standard InChI is InChI=1S/C11H15Cl2N3/c1-16(6-7-2-9(14)3-7)11-10(13)4-8(12)5-15-11/h4-5,7,9H,2-3,6,14H2,1H3. The fourth-order valence-electron chi connectivity index (χ4n) is 2.10. The molecule has 0 bridgehead atoms. The van der Waals surface area contributed by atoms with Gasteiger partial charge in [0.1, 0.15) is 5.82 Å². The van der Waals surface area contributed by atoms with Crippen LogP contribution in [0.3, 0.4) is 0 Å². The second-order valence-electron chi connectivity index (χ2n) is 4.44. The Labute approximate surface area is 106 Å². The first-order valence-corrected chi connectivity index (χ1v) is 6.09. The normalized spacial score (nSPS) is 24.0. The van der Waals surface area contributed by atoms with Gasteiger partial charge in [-0.1, -0.05) is 23.2 Å². The van der Waals surface area contributed by atoms with Crippen molar-refractivity contribution in [3.8, 4) is 0 Å². The maximum atomic E-state index is 6.08. The zero-order valence-corrected chi connectivity index (χ0v) is 10.7. The molecule has 0 unspecified atom stereocenters. The molecule has 0 radical (unpaired) electrons. The first-order valence-electron chi connectivity index (χ1n) is 5.34. The molecule has 16 heavy (non-hydrogen) atoms. The third kappa shape index (κ3) is 2.59. The number of halogens is 2. The van der Waals surface area contributed by atoms with Crippen LogP contribution in [0.5, 0.6) is 0 Å². The van der Waals surface area contributed by atoms with E-state index >= 15 is 0 Å². The summed E-state index contributed by atoms with van der Waals surface area (Å²) < 4.78 is 0. The van der Waals surface area contributed by atoms with E-state index in [1.165, 1.54) is 0 Å². The molecule has 1 aromatic heterocycles. The van der Waals surface area contributed by atoms with Crippen molar-refractivity contribution in [2.45, 2.75) is 18.9 Å². The molecule has 88 valence electrons. The molecule has 0 saturated heterocycles. The number of aromatic nitrogens is 1. The number of hydrogen-bond acceptors (Lipinski definition) is 3. The van der Waals surface area contributed by atoms with Gasteiger partial charge in [0.15, 0.2) is 0 Å². The minimum absolute atomic E-state index is 0.382. The summed E-state index contributed by atoms with van der Waals surface area (Å²) in [5.41, 5.74) is 5.76. The fourth-order valence-corrected chi connectivity index (χ4v) is 2.62. The number of hydrogen-bond donors (Lipinski definition) is 1. The van der Waals surface area contributed by atoms with Crippen molar-refractivity contribution in [1.29, 1.82) is 0 Å². The van der Waals surface area contributed by atoms with Crippen LogP contribution in [0, 0.1) is 5.92 Å². The number of nitrogens with two attached hydrogens (primary N) is 1. The lowest BCUT2D eigenvalue weighted by molar-refractivity contribution is 0.270. The van der Waals surface area contributed by atoms with Crippen LogP contribution in [0.2, 0.25) is 10.0 Å². The highest BCUT2D eigenvalue weighted by Crippen LogP contribution is 2.30. The quantitative estimate of drug-likeness (QED) is 0.908. The minimum atomic E-state index is 0.382. The predicted molar refractivity (Wildman–Crippen MR) is 68.2 cm³/mol. The molecule has 0 aliphatic heterocycles. The summed E-state index contributed by atoms with van der Waals surface area (Å²) in [6.07, 6.45) is 3.80. The van der Waals surface area contributed by atoms with Gasteiger partial charge >= 0.3 is 0 Å². The van der Waals surface area contributed by atoms with E-state index in [1.807, 2.05) is 7.05 Å². The van der Waals surface area contributed by atoms with Crippen LogP contribution in [-0.4, -0.2) is 24.6 Å². The summed E-state index contributed by atoms with van der Waals surface area (Å²) in [4.78, 5) is 6.30. The van der Waals surface area contributed by atoms with Gasteiger partial charge in [0.25, 0.3) is 0 Å². The maximum Gasteiger partial charge on any atom is 0.147 e. The monoisotopic (exact) mass is 259 g/mol. The Morgan fingerprint density at radius 2 is 2.19 bits per heavy atom. The SMILES string of the molecule is CN(CC1CC(N)C1)c1ncc(Cl)cc1Cl. The molecule has 0 atom stereocenters. The molecular formula is C11H15Cl2N3. The Balaban J connectivity index is 2.00. The molecule has 5 heteroatoms. The van der Waals surface area contributed by atoms with Crippen LogP contribution in [0.1, 0.15) is 12.8 Å². The van der Waals surface area contributed by atoms with Crippen LogP contribution in [0.25, 0.3) is 0 Å². The van der Waals surface area contributed by atoms with Gasteiger partial charge in [0, 0.05) is 25.8 Å².